The van der Waals surface area contributed by atoms with Gasteiger partial charge in [-0.1, -0.05) is 30.3 Å². The van der Waals surface area contributed by atoms with Crippen molar-refractivity contribution in [3.05, 3.63) is 60.2 Å². The smallest absolute Gasteiger partial charge is 0.258 e. The largest absolute Gasteiger partial charge is 0.497 e. The van der Waals surface area contributed by atoms with Gasteiger partial charge < -0.3 is 9.47 Å². The van der Waals surface area contributed by atoms with Crippen LogP contribution in [0.25, 0.3) is 0 Å². The highest BCUT2D eigenvalue weighted by molar-refractivity contribution is 6.15. The Morgan fingerprint density at radius 2 is 1.75 bits per heavy atom. The molecule has 0 N–H and O–H groups in total. The number of amides is 1. The van der Waals surface area contributed by atoms with Crippen molar-refractivity contribution in [1.29, 1.82) is 0 Å². The molecule has 1 saturated heterocycles. The lowest BCUT2D eigenvalue weighted by Crippen LogP contribution is -2.45. The predicted molar refractivity (Wildman–Crippen MR) is 109 cm³/mol. The Hall–Kier alpha value is -2.70. The second kappa shape index (κ2) is 8.12. The minimum atomic E-state index is -0.327. The number of carbonyl (C=O) groups is 1. The van der Waals surface area contributed by atoms with Crippen LogP contribution in [0.5, 0.6) is 5.75 Å². The number of anilines is 1. The molecule has 2 aromatic rings. The van der Waals surface area contributed by atoms with Crippen LogP contribution in [0.15, 0.2) is 59.7 Å². The Balaban J connectivity index is 1.69. The number of morpholine rings is 1. The standard InChI is InChI=1S/C22H25N3O3/c1-16-20(22(26)25(23-16)18-6-4-3-5-7-18)21(24-12-14-28-15-13-24)17-8-10-19(27-2)11-9-17/h3-11,20-21H,12-15H2,1-2H3/t20-,21-/m0/s1. The van der Waals surface area contributed by atoms with E-state index in [-0.39, 0.29) is 17.9 Å². The molecule has 2 aliphatic heterocycles. The molecule has 1 amide bonds. The Bertz CT molecular complexity index is 845. The summed E-state index contributed by atoms with van der Waals surface area (Å²) in [6, 6.07) is 17.5. The van der Waals surface area contributed by atoms with Crippen LogP contribution >= 0.6 is 0 Å². The first-order valence-electron chi connectivity index (χ1n) is 9.59. The van der Waals surface area contributed by atoms with Crippen LogP contribution < -0.4 is 9.75 Å². The fraction of sp³-hybridized carbons (Fsp3) is 0.364. The molecule has 1 fully saturated rings. The Labute approximate surface area is 165 Å². The van der Waals surface area contributed by atoms with Gasteiger partial charge >= 0.3 is 0 Å². The third-order valence-electron chi connectivity index (χ3n) is 5.40. The van der Waals surface area contributed by atoms with Gasteiger partial charge in [-0.05, 0) is 36.8 Å². The molecule has 0 bridgehead atoms. The molecule has 2 aliphatic rings. The maximum atomic E-state index is 13.4. The molecule has 146 valence electrons. The number of hydrazone groups is 1. The first kappa shape index (κ1) is 18.7. The van der Waals surface area contributed by atoms with Crippen molar-refractivity contribution < 1.29 is 14.3 Å². The normalized spacial score (nSPS) is 21.5. The molecule has 0 aromatic heterocycles. The molecule has 0 unspecified atom stereocenters. The summed E-state index contributed by atoms with van der Waals surface area (Å²) in [4.78, 5) is 15.8. The Morgan fingerprint density at radius 3 is 2.39 bits per heavy atom. The third kappa shape index (κ3) is 3.53. The van der Waals surface area contributed by atoms with E-state index in [4.69, 9.17) is 9.47 Å². The summed E-state index contributed by atoms with van der Waals surface area (Å²) in [6.45, 7) is 4.87. The van der Waals surface area contributed by atoms with Gasteiger partial charge in [0.2, 0.25) is 0 Å². The minimum Gasteiger partial charge on any atom is -0.497 e. The van der Waals surface area contributed by atoms with E-state index in [1.165, 1.54) is 5.01 Å². The van der Waals surface area contributed by atoms with Gasteiger partial charge in [-0.15, -0.1) is 0 Å². The fourth-order valence-electron chi connectivity index (χ4n) is 3.97. The molecular weight excluding hydrogens is 354 g/mol. The van der Waals surface area contributed by atoms with Crippen LogP contribution in [0.3, 0.4) is 0 Å². The maximum absolute atomic E-state index is 13.4. The average Bonchev–Trinajstić information content (AvgIpc) is 3.05. The molecule has 4 rings (SSSR count). The van der Waals surface area contributed by atoms with Crippen molar-refractivity contribution in [2.45, 2.75) is 13.0 Å². The highest BCUT2D eigenvalue weighted by Gasteiger charge is 2.43. The van der Waals surface area contributed by atoms with Crippen LogP contribution in [-0.4, -0.2) is 49.9 Å². The summed E-state index contributed by atoms with van der Waals surface area (Å²) >= 11 is 0. The topological polar surface area (TPSA) is 54.4 Å². The number of hydrogen-bond donors (Lipinski definition) is 0. The van der Waals surface area contributed by atoms with Crippen molar-refractivity contribution in [3.63, 3.8) is 0 Å². The molecule has 6 nitrogen and oxygen atoms in total. The zero-order valence-electron chi connectivity index (χ0n) is 16.2. The van der Waals surface area contributed by atoms with Crippen LogP contribution in [0.2, 0.25) is 0 Å². The highest BCUT2D eigenvalue weighted by atomic mass is 16.5. The lowest BCUT2D eigenvalue weighted by Gasteiger charge is -2.37. The molecule has 0 saturated carbocycles. The van der Waals surface area contributed by atoms with E-state index in [2.05, 4.69) is 10.0 Å². The predicted octanol–water partition coefficient (Wildman–Crippen LogP) is 3.11. The van der Waals surface area contributed by atoms with Crippen LogP contribution in [0.1, 0.15) is 18.5 Å². The van der Waals surface area contributed by atoms with Gasteiger partial charge in [-0.25, -0.2) is 5.01 Å². The first-order valence-corrected chi connectivity index (χ1v) is 9.59. The number of nitrogens with zero attached hydrogens (tertiary/aromatic N) is 3. The molecule has 2 atom stereocenters. The first-order chi connectivity index (χ1) is 13.7. The van der Waals surface area contributed by atoms with E-state index in [0.717, 1.165) is 35.8 Å². The number of rotatable bonds is 5. The molecule has 0 aliphatic carbocycles. The Kier molecular flexibility index (Phi) is 5.41. The van der Waals surface area contributed by atoms with Crippen molar-refractivity contribution >= 4 is 17.3 Å². The molecule has 2 aromatic carbocycles. The van der Waals surface area contributed by atoms with Crippen LogP contribution in [0, 0.1) is 5.92 Å². The number of methoxy groups -OCH3 is 1. The highest BCUT2D eigenvalue weighted by Crippen LogP contribution is 2.37. The van der Waals surface area contributed by atoms with Gasteiger partial charge in [0, 0.05) is 13.1 Å². The van der Waals surface area contributed by atoms with Crippen molar-refractivity contribution in [2.24, 2.45) is 11.0 Å². The van der Waals surface area contributed by atoms with Gasteiger partial charge in [-0.2, -0.15) is 5.10 Å². The zero-order valence-corrected chi connectivity index (χ0v) is 16.2. The molecule has 28 heavy (non-hydrogen) atoms. The second-order valence-electron chi connectivity index (χ2n) is 7.07. The van der Waals surface area contributed by atoms with Crippen LogP contribution in [-0.2, 0) is 9.53 Å². The van der Waals surface area contributed by atoms with Gasteiger partial charge in [0.25, 0.3) is 5.91 Å². The fourth-order valence-corrected chi connectivity index (χ4v) is 3.97. The van der Waals surface area contributed by atoms with Gasteiger partial charge in [-0.3, -0.25) is 9.69 Å². The molecule has 0 radical (unpaired) electrons. The van der Waals surface area contributed by atoms with Crippen molar-refractivity contribution in [3.8, 4) is 5.75 Å². The second-order valence-corrected chi connectivity index (χ2v) is 7.07. The Morgan fingerprint density at radius 1 is 1.07 bits per heavy atom. The molecule has 2 heterocycles. The monoisotopic (exact) mass is 379 g/mol. The SMILES string of the molecule is COc1ccc([C@@H]([C@H]2C(=O)N(c3ccccc3)N=C2C)N2CCOCC2)cc1. The summed E-state index contributed by atoms with van der Waals surface area (Å²) in [5, 5.41) is 6.15. The number of hydrogen-bond acceptors (Lipinski definition) is 5. The average molecular weight is 379 g/mol. The minimum absolute atomic E-state index is 0.0102. The summed E-state index contributed by atoms with van der Waals surface area (Å²) in [7, 11) is 1.66. The summed E-state index contributed by atoms with van der Waals surface area (Å²) in [5.74, 6) is 0.487. The quantitative estimate of drug-likeness (QED) is 0.801. The summed E-state index contributed by atoms with van der Waals surface area (Å²) in [5.41, 5.74) is 2.72. The number of carbonyl (C=O) groups excluding carboxylic acids is 1. The molecular formula is C22H25N3O3. The summed E-state index contributed by atoms with van der Waals surface area (Å²) < 4.78 is 10.8. The van der Waals surface area contributed by atoms with Crippen molar-refractivity contribution in [2.75, 3.05) is 38.4 Å². The number of para-hydroxylation sites is 1. The number of benzene rings is 2. The maximum Gasteiger partial charge on any atom is 0.258 e. The lowest BCUT2D eigenvalue weighted by molar-refractivity contribution is -0.122. The van der Waals surface area contributed by atoms with Gasteiger partial charge in [0.15, 0.2) is 0 Å². The molecule has 0 spiro atoms. The van der Waals surface area contributed by atoms with Crippen molar-refractivity contribution in [1.82, 2.24) is 4.90 Å². The molecule has 6 heteroatoms. The lowest BCUT2D eigenvalue weighted by atomic mass is 9.87. The van der Waals surface area contributed by atoms with E-state index in [0.29, 0.717) is 13.2 Å². The number of ether oxygens (including phenoxy) is 2. The van der Waals surface area contributed by atoms with Gasteiger partial charge in [0.1, 0.15) is 5.75 Å². The van der Waals surface area contributed by atoms with E-state index < -0.39 is 0 Å². The summed E-state index contributed by atoms with van der Waals surface area (Å²) in [6.07, 6.45) is 0. The van der Waals surface area contributed by atoms with E-state index in [1.807, 2.05) is 61.5 Å². The van der Waals surface area contributed by atoms with E-state index in [1.54, 1.807) is 7.11 Å². The third-order valence-corrected chi connectivity index (χ3v) is 5.40. The van der Waals surface area contributed by atoms with E-state index >= 15 is 0 Å². The van der Waals surface area contributed by atoms with Crippen LogP contribution in [0.4, 0.5) is 5.69 Å². The van der Waals surface area contributed by atoms with Gasteiger partial charge in [0.05, 0.1) is 43.7 Å². The van der Waals surface area contributed by atoms with E-state index in [9.17, 15) is 4.79 Å². The zero-order chi connectivity index (χ0) is 19.5.